The molecular weight excluding hydrogens is 236 g/mol. The molecule has 0 saturated carbocycles. The third-order valence-electron chi connectivity index (χ3n) is 2.70. The number of hydrogen-bond donors (Lipinski definition) is 2. The number of rotatable bonds is 5. The van der Waals surface area contributed by atoms with E-state index in [-0.39, 0.29) is 4.90 Å². The molecule has 4 nitrogen and oxygen atoms in total. The highest BCUT2D eigenvalue weighted by molar-refractivity contribution is 7.89. The van der Waals surface area contributed by atoms with E-state index in [4.69, 9.17) is 5.73 Å². The normalized spacial score (nSPS) is 11.7. The maximum Gasteiger partial charge on any atom is 0.242 e. The first-order chi connectivity index (χ1) is 7.90. The van der Waals surface area contributed by atoms with Crippen molar-refractivity contribution in [1.82, 2.24) is 4.72 Å². The second-order valence-corrected chi connectivity index (χ2v) is 5.90. The van der Waals surface area contributed by atoms with E-state index in [9.17, 15) is 8.42 Å². The van der Waals surface area contributed by atoms with Crippen molar-refractivity contribution < 1.29 is 8.42 Å². The van der Waals surface area contributed by atoms with Crippen LogP contribution in [0, 0.1) is 13.8 Å². The molecule has 17 heavy (non-hydrogen) atoms. The standard InChI is InChI=1S/C12H20N2O2S/c1-4-5-8-14-17(15,16)12-10(3)7-6-9(2)11(12)13/h6-7,14H,4-5,8,13H2,1-3H3. The van der Waals surface area contributed by atoms with Gasteiger partial charge in [0.25, 0.3) is 0 Å². The Hall–Kier alpha value is -1.07. The van der Waals surface area contributed by atoms with Crippen LogP contribution in [-0.2, 0) is 10.0 Å². The van der Waals surface area contributed by atoms with E-state index in [2.05, 4.69) is 4.72 Å². The van der Waals surface area contributed by atoms with Gasteiger partial charge in [0.15, 0.2) is 0 Å². The van der Waals surface area contributed by atoms with Crippen LogP contribution in [0.25, 0.3) is 0 Å². The third kappa shape index (κ3) is 3.20. The number of sulfonamides is 1. The van der Waals surface area contributed by atoms with Gasteiger partial charge in [-0.25, -0.2) is 13.1 Å². The lowest BCUT2D eigenvalue weighted by Gasteiger charge is -2.13. The van der Waals surface area contributed by atoms with Crippen LogP contribution in [0.5, 0.6) is 0 Å². The molecule has 1 aromatic rings. The number of nitrogens with two attached hydrogens (primary N) is 1. The summed E-state index contributed by atoms with van der Waals surface area (Å²) in [5.41, 5.74) is 7.66. The van der Waals surface area contributed by atoms with Crippen LogP contribution in [0.1, 0.15) is 30.9 Å². The van der Waals surface area contributed by atoms with Crippen molar-refractivity contribution in [3.05, 3.63) is 23.3 Å². The highest BCUT2D eigenvalue weighted by atomic mass is 32.2. The van der Waals surface area contributed by atoms with Crippen molar-refractivity contribution in [2.75, 3.05) is 12.3 Å². The molecule has 0 radical (unpaired) electrons. The average Bonchev–Trinajstić information content (AvgIpc) is 2.24. The fraction of sp³-hybridized carbons (Fsp3) is 0.500. The number of benzene rings is 1. The van der Waals surface area contributed by atoms with Crippen LogP contribution in [0.2, 0.25) is 0 Å². The molecule has 96 valence electrons. The van der Waals surface area contributed by atoms with E-state index in [1.807, 2.05) is 13.0 Å². The molecule has 0 heterocycles. The van der Waals surface area contributed by atoms with Gasteiger partial charge >= 0.3 is 0 Å². The van der Waals surface area contributed by atoms with Crippen molar-refractivity contribution >= 4 is 15.7 Å². The van der Waals surface area contributed by atoms with Gasteiger partial charge in [-0.3, -0.25) is 0 Å². The van der Waals surface area contributed by atoms with E-state index in [0.29, 0.717) is 17.8 Å². The Bertz CT molecular complexity index is 495. The van der Waals surface area contributed by atoms with Crippen molar-refractivity contribution in [2.45, 2.75) is 38.5 Å². The zero-order valence-electron chi connectivity index (χ0n) is 10.6. The number of anilines is 1. The summed E-state index contributed by atoms with van der Waals surface area (Å²) in [5.74, 6) is 0. The lowest BCUT2D eigenvalue weighted by atomic mass is 10.1. The maximum absolute atomic E-state index is 12.1. The lowest BCUT2D eigenvalue weighted by Crippen LogP contribution is -2.26. The molecule has 3 N–H and O–H groups in total. The van der Waals surface area contributed by atoms with Gasteiger partial charge in [-0.1, -0.05) is 25.5 Å². The van der Waals surface area contributed by atoms with E-state index in [0.717, 1.165) is 18.4 Å². The maximum atomic E-state index is 12.1. The van der Waals surface area contributed by atoms with Gasteiger partial charge in [0, 0.05) is 6.54 Å². The number of unbranched alkanes of at least 4 members (excludes halogenated alkanes) is 1. The van der Waals surface area contributed by atoms with E-state index >= 15 is 0 Å². The number of hydrogen-bond acceptors (Lipinski definition) is 3. The van der Waals surface area contributed by atoms with Crippen molar-refractivity contribution in [2.24, 2.45) is 0 Å². The molecule has 0 bridgehead atoms. The second-order valence-electron chi connectivity index (χ2n) is 4.19. The van der Waals surface area contributed by atoms with E-state index in [1.54, 1.807) is 19.9 Å². The van der Waals surface area contributed by atoms with Gasteiger partial charge in [-0.05, 0) is 31.4 Å². The minimum Gasteiger partial charge on any atom is -0.397 e. The molecule has 0 aliphatic heterocycles. The Morgan fingerprint density at radius 2 is 1.82 bits per heavy atom. The summed E-state index contributed by atoms with van der Waals surface area (Å²) >= 11 is 0. The third-order valence-corrected chi connectivity index (χ3v) is 4.37. The molecule has 0 amide bonds. The highest BCUT2D eigenvalue weighted by Gasteiger charge is 2.20. The molecule has 0 fully saturated rings. The van der Waals surface area contributed by atoms with Crippen LogP contribution in [0.15, 0.2) is 17.0 Å². The Labute approximate surface area is 103 Å². The van der Waals surface area contributed by atoms with Gasteiger partial charge in [0.05, 0.1) is 5.69 Å². The molecule has 0 aliphatic rings. The minimum absolute atomic E-state index is 0.216. The zero-order valence-corrected chi connectivity index (χ0v) is 11.4. The first-order valence-electron chi connectivity index (χ1n) is 5.75. The molecule has 0 aliphatic carbocycles. The van der Waals surface area contributed by atoms with Crippen LogP contribution < -0.4 is 10.5 Å². The van der Waals surface area contributed by atoms with Crippen molar-refractivity contribution in [1.29, 1.82) is 0 Å². The molecule has 0 saturated heterocycles. The number of nitrogen functional groups attached to an aromatic ring is 1. The molecule has 0 aromatic heterocycles. The highest BCUT2D eigenvalue weighted by Crippen LogP contribution is 2.25. The second kappa shape index (κ2) is 5.51. The Morgan fingerprint density at radius 1 is 1.24 bits per heavy atom. The van der Waals surface area contributed by atoms with Crippen LogP contribution in [0.4, 0.5) is 5.69 Å². The van der Waals surface area contributed by atoms with Gasteiger partial charge in [0.1, 0.15) is 4.90 Å². The Morgan fingerprint density at radius 3 is 2.41 bits per heavy atom. The molecule has 0 atom stereocenters. The zero-order chi connectivity index (χ0) is 13.1. The summed E-state index contributed by atoms with van der Waals surface area (Å²) < 4.78 is 26.8. The van der Waals surface area contributed by atoms with E-state index < -0.39 is 10.0 Å². The molecule has 0 unspecified atom stereocenters. The topological polar surface area (TPSA) is 72.2 Å². The number of nitrogens with one attached hydrogen (secondary N) is 1. The molecule has 1 aromatic carbocycles. The van der Waals surface area contributed by atoms with Gasteiger partial charge in [-0.15, -0.1) is 0 Å². The monoisotopic (exact) mass is 256 g/mol. The summed E-state index contributed by atoms with van der Waals surface area (Å²) in [6, 6.07) is 3.61. The van der Waals surface area contributed by atoms with Crippen molar-refractivity contribution in [3.8, 4) is 0 Å². The SMILES string of the molecule is CCCCNS(=O)(=O)c1c(C)ccc(C)c1N. The summed E-state index contributed by atoms with van der Waals surface area (Å²) in [5, 5.41) is 0. The minimum atomic E-state index is -3.49. The predicted molar refractivity (Wildman–Crippen MR) is 70.4 cm³/mol. The summed E-state index contributed by atoms with van der Waals surface area (Å²) in [4.78, 5) is 0.216. The van der Waals surface area contributed by atoms with Gasteiger partial charge in [-0.2, -0.15) is 0 Å². The van der Waals surface area contributed by atoms with Gasteiger partial charge in [0.2, 0.25) is 10.0 Å². The van der Waals surface area contributed by atoms with Crippen LogP contribution in [0.3, 0.4) is 0 Å². The summed E-state index contributed by atoms with van der Waals surface area (Å²) in [6.07, 6.45) is 1.77. The predicted octanol–water partition coefficient (Wildman–Crippen LogP) is 1.96. The Kier molecular flexibility index (Phi) is 4.54. The summed E-state index contributed by atoms with van der Waals surface area (Å²) in [7, 11) is -3.49. The van der Waals surface area contributed by atoms with E-state index in [1.165, 1.54) is 0 Å². The van der Waals surface area contributed by atoms with Crippen LogP contribution >= 0.6 is 0 Å². The molecule has 1 rings (SSSR count). The smallest absolute Gasteiger partial charge is 0.242 e. The van der Waals surface area contributed by atoms with Gasteiger partial charge < -0.3 is 5.73 Å². The first kappa shape index (κ1) is 14.0. The lowest BCUT2D eigenvalue weighted by molar-refractivity contribution is 0.578. The molecule has 0 spiro atoms. The summed E-state index contributed by atoms with van der Waals surface area (Å²) in [6.45, 7) is 6.02. The largest absolute Gasteiger partial charge is 0.397 e. The quantitative estimate of drug-likeness (QED) is 0.625. The van der Waals surface area contributed by atoms with Crippen LogP contribution in [-0.4, -0.2) is 15.0 Å². The molecule has 5 heteroatoms. The first-order valence-corrected chi connectivity index (χ1v) is 7.23. The molecular formula is C12H20N2O2S. The van der Waals surface area contributed by atoms with Crippen molar-refractivity contribution in [3.63, 3.8) is 0 Å². The fourth-order valence-electron chi connectivity index (χ4n) is 1.62. The Balaban J connectivity index is 3.11. The fourth-order valence-corrected chi connectivity index (χ4v) is 3.12. The average molecular weight is 256 g/mol. The number of aryl methyl sites for hydroxylation is 2.